The summed E-state index contributed by atoms with van der Waals surface area (Å²) in [5, 5.41) is 3.02. The maximum absolute atomic E-state index is 12.7. The van der Waals surface area contributed by atoms with E-state index in [0.717, 1.165) is 29.1 Å². The number of halogens is 3. The van der Waals surface area contributed by atoms with E-state index < -0.39 is 17.6 Å². The van der Waals surface area contributed by atoms with Gasteiger partial charge in [0.05, 0.1) is 16.1 Å². The van der Waals surface area contributed by atoms with E-state index in [2.05, 4.69) is 15.3 Å². The van der Waals surface area contributed by atoms with Crippen molar-refractivity contribution >= 4 is 22.4 Å². The number of alkyl halides is 3. The molecule has 146 valence electrons. The van der Waals surface area contributed by atoms with Gasteiger partial charge in [-0.15, -0.1) is 0 Å². The molecule has 0 bridgehead atoms. The molecule has 9 heteroatoms. The number of carbonyl (C=O) groups is 1. The van der Waals surface area contributed by atoms with Crippen molar-refractivity contribution in [2.45, 2.75) is 12.7 Å². The third kappa shape index (κ3) is 4.73. The van der Waals surface area contributed by atoms with Gasteiger partial charge in [0, 0.05) is 18.3 Å². The lowest BCUT2D eigenvalue weighted by Crippen LogP contribution is -2.12. The molecule has 3 rings (SSSR count). The van der Waals surface area contributed by atoms with Gasteiger partial charge in [-0.2, -0.15) is 13.2 Å². The molecule has 0 aliphatic rings. The standard InChI is InChI=1S/C19H17F3N4OS/c1-26(2)11-15-16(14-5-3-4-10-23-14)24-18(28-15)25-17(27)12-6-8-13(9-7-12)19(20,21)22/h3-10H,11H2,1-2H3,(H,24,25,27). The molecule has 0 fully saturated rings. The first-order valence-corrected chi connectivity index (χ1v) is 9.10. The van der Waals surface area contributed by atoms with Crippen molar-refractivity contribution in [1.82, 2.24) is 14.9 Å². The Bertz CT molecular complexity index is 954. The molecule has 1 aromatic carbocycles. The molecule has 0 aliphatic heterocycles. The first kappa shape index (κ1) is 20.0. The van der Waals surface area contributed by atoms with Crippen LogP contribution in [0.4, 0.5) is 18.3 Å². The van der Waals surface area contributed by atoms with E-state index in [1.54, 1.807) is 12.3 Å². The third-order valence-corrected chi connectivity index (χ3v) is 4.72. The van der Waals surface area contributed by atoms with Crippen molar-refractivity contribution < 1.29 is 18.0 Å². The van der Waals surface area contributed by atoms with Gasteiger partial charge in [-0.25, -0.2) is 4.98 Å². The van der Waals surface area contributed by atoms with Crippen LogP contribution in [0, 0.1) is 0 Å². The lowest BCUT2D eigenvalue weighted by atomic mass is 10.1. The number of pyridine rings is 1. The molecule has 5 nitrogen and oxygen atoms in total. The van der Waals surface area contributed by atoms with Crippen LogP contribution in [0.25, 0.3) is 11.4 Å². The van der Waals surface area contributed by atoms with Crippen molar-refractivity contribution in [2.24, 2.45) is 0 Å². The predicted octanol–water partition coefficient (Wildman–Crippen LogP) is 4.54. The number of amides is 1. The maximum Gasteiger partial charge on any atom is 0.416 e. The van der Waals surface area contributed by atoms with E-state index in [1.165, 1.54) is 11.3 Å². The fraction of sp³-hybridized carbons (Fsp3) is 0.211. The summed E-state index contributed by atoms with van der Waals surface area (Å²) in [4.78, 5) is 24.1. The second-order valence-corrected chi connectivity index (χ2v) is 7.36. The average molecular weight is 406 g/mol. The number of hydrogen-bond acceptors (Lipinski definition) is 5. The Morgan fingerprint density at radius 2 is 1.86 bits per heavy atom. The minimum Gasteiger partial charge on any atom is -0.304 e. The van der Waals surface area contributed by atoms with Crippen LogP contribution in [-0.4, -0.2) is 34.9 Å². The molecular weight excluding hydrogens is 389 g/mol. The summed E-state index contributed by atoms with van der Waals surface area (Å²) in [6.07, 6.45) is -2.78. The number of hydrogen-bond donors (Lipinski definition) is 1. The molecule has 0 unspecified atom stereocenters. The number of aromatic nitrogens is 2. The lowest BCUT2D eigenvalue weighted by Gasteiger charge is -2.08. The number of benzene rings is 1. The maximum atomic E-state index is 12.7. The van der Waals surface area contributed by atoms with Gasteiger partial charge in [0.2, 0.25) is 0 Å². The first-order valence-electron chi connectivity index (χ1n) is 8.28. The van der Waals surface area contributed by atoms with Crippen molar-refractivity contribution in [3.05, 3.63) is 64.7 Å². The Balaban J connectivity index is 1.84. The van der Waals surface area contributed by atoms with Gasteiger partial charge in [0.1, 0.15) is 5.69 Å². The minimum absolute atomic E-state index is 0.122. The Labute approximate surface area is 163 Å². The van der Waals surface area contributed by atoms with Crippen molar-refractivity contribution in [3.63, 3.8) is 0 Å². The van der Waals surface area contributed by atoms with Crippen molar-refractivity contribution in [3.8, 4) is 11.4 Å². The van der Waals surface area contributed by atoms with Gasteiger partial charge >= 0.3 is 6.18 Å². The lowest BCUT2D eigenvalue weighted by molar-refractivity contribution is -0.137. The number of thiazole rings is 1. The normalized spacial score (nSPS) is 11.6. The number of nitrogens with zero attached hydrogens (tertiary/aromatic N) is 3. The van der Waals surface area contributed by atoms with Crippen LogP contribution >= 0.6 is 11.3 Å². The SMILES string of the molecule is CN(C)Cc1sc(NC(=O)c2ccc(C(F)(F)F)cc2)nc1-c1ccccn1. The smallest absolute Gasteiger partial charge is 0.304 e. The zero-order valence-corrected chi connectivity index (χ0v) is 15.9. The summed E-state index contributed by atoms with van der Waals surface area (Å²) in [6, 6.07) is 9.53. The minimum atomic E-state index is -4.44. The summed E-state index contributed by atoms with van der Waals surface area (Å²) >= 11 is 1.31. The van der Waals surface area contributed by atoms with E-state index in [9.17, 15) is 18.0 Å². The highest BCUT2D eigenvalue weighted by molar-refractivity contribution is 7.16. The van der Waals surface area contributed by atoms with Crippen molar-refractivity contribution in [2.75, 3.05) is 19.4 Å². The van der Waals surface area contributed by atoms with Crippen LogP contribution < -0.4 is 5.32 Å². The Morgan fingerprint density at radius 3 is 2.43 bits per heavy atom. The molecule has 2 heterocycles. The molecule has 28 heavy (non-hydrogen) atoms. The zero-order valence-electron chi connectivity index (χ0n) is 15.1. The first-order chi connectivity index (χ1) is 13.2. The second kappa shape index (κ2) is 8.07. The Kier molecular flexibility index (Phi) is 5.76. The van der Waals surface area contributed by atoms with Crippen LogP contribution in [-0.2, 0) is 12.7 Å². The van der Waals surface area contributed by atoms with Gasteiger partial charge in [-0.05, 0) is 50.5 Å². The monoisotopic (exact) mass is 406 g/mol. The van der Waals surface area contributed by atoms with Gasteiger partial charge in [0.25, 0.3) is 5.91 Å². The molecule has 1 amide bonds. The van der Waals surface area contributed by atoms with Gasteiger partial charge in [0.15, 0.2) is 5.13 Å². The Hall–Kier alpha value is -2.78. The number of anilines is 1. The molecule has 0 aliphatic carbocycles. The highest BCUT2D eigenvalue weighted by Gasteiger charge is 2.30. The molecule has 3 aromatic rings. The third-order valence-electron chi connectivity index (χ3n) is 3.76. The number of nitrogens with one attached hydrogen (secondary N) is 1. The zero-order chi connectivity index (χ0) is 20.3. The average Bonchev–Trinajstić information content (AvgIpc) is 3.03. The predicted molar refractivity (Wildman–Crippen MR) is 102 cm³/mol. The van der Waals surface area contributed by atoms with Crippen LogP contribution in [0.1, 0.15) is 20.8 Å². The van der Waals surface area contributed by atoms with Crippen LogP contribution in [0.3, 0.4) is 0 Å². The Morgan fingerprint density at radius 1 is 1.14 bits per heavy atom. The summed E-state index contributed by atoms with van der Waals surface area (Å²) < 4.78 is 38.0. The fourth-order valence-corrected chi connectivity index (χ4v) is 3.57. The van der Waals surface area contributed by atoms with Crippen LogP contribution in [0.15, 0.2) is 48.7 Å². The fourth-order valence-electron chi connectivity index (χ4n) is 2.48. The van der Waals surface area contributed by atoms with Gasteiger partial charge in [-0.1, -0.05) is 17.4 Å². The van der Waals surface area contributed by atoms with Crippen molar-refractivity contribution in [1.29, 1.82) is 0 Å². The van der Waals surface area contributed by atoms with Gasteiger partial charge < -0.3 is 4.90 Å². The molecule has 2 aromatic heterocycles. The van der Waals surface area contributed by atoms with E-state index in [4.69, 9.17) is 0 Å². The van der Waals surface area contributed by atoms with Gasteiger partial charge in [-0.3, -0.25) is 15.1 Å². The molecule has 0 saturated carbocycles. The highest BCUT2D eigenvalue weighted by Crippen LogP contribution is 2.32. The number of carbonyl (C=O) groups excluding carboxylic acids is 1. The van der Waals surface area contributed by atoms with E-state index >= 15 is 0 Å². The van der Waals surface area contributed by atoms with Crippen LogP contribution in [0.2, 0.25) is 0 Å². The molecule has 0 radical (unpaired) electrons. The number of rotatable bonds is 5. The van der Waals surface area contributed by atoms with Crippen LogP contribution in [0.5, 0.6) is 0 Å². The molecular formula is C19H17F3N4OS. The molecule has 1 N–H and O–H groups in total. The summed E-state index contributed by atoms with van der Waals surface area (Å²) in [7, 11) is 3.84. The van der Waals surface area contributed by atoms with E-state index in [0.29, 0.717) is 23.1 Å². The summed E-state index contributed by atoms with van der Waals surface area (Å²) in [5.41, 5.74) is 0.674. The molecule has 0 spiro atoms. The van der Waals surface area contributed by atoms with E-state index in [1.807, 2.05) is 31.1 Å². The van der Waals surface area contributed by atoms with E-state index in [-0.39, 0.29) is 5.56 Å². The summed E-state index contributed by atoms with van der Waals surface area (Å²) in [5.74, 6) is -0.522. The second-order valence-electron chi connectivity index (χ2n) is 6.27. The molecule has 0 saturated heterocycles. The largest absolute Gasteiger partial charge is 0.416 e. The topological polar surface area (TPSA) is 58.1 Å². The highest BCUT2D eigenvalue weighted by atomic mass is 32.1. The molecule has 0 atom stereocenters. The summed E-state index contributed by atoms with van der Waals surface area (Å²) in [6.45, 7) is 0.611. The quantitative estimate of drug-likeness (QED) is 0.676.